The number of hydrogen-bond acceptors (Lipinski definition) is 3. The van der Waals surface area contributed by atoms with Crippen molar-refractivity contribution in [1.29, 1.82) is 0 Å². The van der Waals surface area contributed by atoms with E-state index in [4.69, 9.17) is 4.74 Å². The third kappa shape index (κ3) is 6.77. The van der Waals surface area contributed by atoms with Crippen LogP contribution in [-0.2, 0) is 4.74 Å². The van der Waals surface area contributed by atoms with Gasteiger partial charge in [0.2, 0.25) is 0 Å². The fourth-order valence-corrected chi connectivity index (χ4v) is 2.85. The predicted molar refractivity (Wildman–Crippen MR) is 87.2 cm³/mol. The van der Waals surface area contributed by atoms with Crippen LogP contribution in [0.5, 0.6) is 0 Å². The maximum atomic E-state index is 10.4. The molecular weight excluding hydrogens is 264 g/mol. The van der Waals surface area contributed by atoms with Gasteiger partial charge >= 0.3 is 0 Å². The normalized spacial score (nSPS) is 36.9. The Balaban J connectivity index is 2.83. The first-order valence-corrected chi connectivity index (χ1v) is 8.13. The number of aliphatic hydroxyl groups excluding tert-OH is 1. The maximum absolute atomic E-state index is 10.4. The van der Waals surface area contributed by atoms with Crippen molar-refractivity contribution in [3.8, 4) is 0 Å². The van der Waals surface area contributed by atoms with Crippen LogP contribution >= 0.6 is 0 Å². The Morgan fingerprint density at radius 1 is 1.29 bits per heavy atom. The molecule has 122 valence electrons. The molecule has 0 aromatic rings. The molecule has 0 heterocycles. The van der Waals surface area contributed by atoms with Crippen molar-refractivity contribution in [2.75, 3.05) is 7.11 Å². The molecule has 2 N–H and O–H groups in total. The van der Waals surface area contributed by atoms with Crippen LogP contribution in [-0.4, -0.2) is 35.1 Å². The van der Waals surface area contributed by atoms with Crippen molar-refractivity contribution >= 4 is 0 Å². The fourth-order valence-electron chi connectivity index (χ4n) is 2.85. The first-order valence-electron chi connectivity index (χ1n) is 8.13. The molecule has 0 aromatic heterocycles. The van der Waals surface area contributed by atoms with Crippen LogP contribution in [0.3, 0.4) is 0 Å². The summed E-state index contributed by atoms with van der Waals surface area (Å²) in [5, 5.41) is 20.8. The van der Waals surface area contributed by atoms with E-state index < -0.39 is 11.7 Å². The van der Waals surface area contributed by atoms with Gasteiger partial charge in [-0.25, -0.2) is 0 Å². The number of rotatable bonds is 1. The Morgan fingerprint density at radius 3 is 2.67 bits per heavy atom. The van der Waals surface area contributed by atoms with Gasteiger partial charge in [-0.15, -0.1) is 0 Å². The molecule has 0 amide bonds. The van der Waals surface area contributed by atoms with Crippen LogP contribution in [0.25, 0.3) is 0 Å². The van der Waals surface area contributed by atoms with Crippen LogP contribution in [0.15, 0.2) is 23.8 Å². The van der Waals surface area contributed by atoms with Crippen molar-refractivity contribution in [3.05, 3.63) is 23.8 Å². The van der Waals surface area contributed by atoms with E-state index in [1.807, 2.05) is 19.9 Å². The second-order valence-corrected chi connectivity index (χ2v) is 6.73. The zero-order valence-corrected chi connectivity index (χ0v) is 14.0. The molecule has 0 saturated carbocycles. The van der Waals surface area contributed by atoms with Crippen LogP contribution in [0.1, 0.15) is 59.3 Å². The summed E-state index contributed by atoms with van der Waals surface area (Å²) in [5.74, 6) is 0.0347. The number of methoxy groups -OCH3 is 1. The van der Waals surface area contributed by atoms with E-state index in [2.05, 4.69) is 19.1 Å². The van der Waals surface area contributed by atoms with Crippen molar-refractivity contribution < 1.29 is 14.9 Å². The second kappa shape index (κ2) is 8.72. The number of allylic oxidation sites excluding steroid dienone is 2. The fraction of sp³-hybridized carbons (Fsp3) is 0.778. The molecule has 0 fully saturated rings. The predicted octanol–water partition coefficient (Wildman–Crippen LogP) is 3.61. The van der Waals surface area contributed by atoms with E-state index >= 15 is 0 Å². The highest BCUT2D eigenvalue weighted by molar-refractivity contribution is 5.06. The molecule has 0 spiro atoms. The highest BCUT2D eigenvalue weighted by Gasteiger charge is 2.23. The van der Waals surface area contributed by atoms with Crippen LogP contribution < -0.4 is 0 Å². The van der Waals surface area contributed by atoms with E-state index in [0.29, 0.717) is 0 Å². The van der Waals surface area contributed by atoms with Gasteiger partial charge < -0.3 is 14.9 Å². The molecule has 3 nitrogen and oxygen atoms in total. The topological polar surface area (TPSA) is 49.7 Å². The van der Waals surface area contributed by atoms with Gasteiger partial charge in [-0.2, -0.15) is 0 Å². The molecule has 3 heteroatoms. The first-order chi connectivity index (χ1) is 9.85. The van der Waals surface area contributed by atoms with E-state index in [0.717, 1.165) is 38.5 Å². The molecule has 1 rings (SSSR count). The highest BCUT2D eigenvalue weighted by Crippen LogP contribution is 2.24. The SMILES string of the molecule is CO[C@H]1C=CCCCCC(C)(O)CCC(C)=CC(C)[C@@H]1O. The minimum atomic E-state index is -0.583. The zero-order chi connectivity index (χ0) is 15.9. The van der Waals surface area contributed by atoms with Gasteiger partial charge in [-0.3, -0.25) is 0 Å². The molecule has 0 bridgehead atoms. The molecule has 1 aliphatic rings. The van der Waals surface area contributed by atoms with Crippen LogP contribution in [0.2, 0.25) is 0 Å². The zero-order valence-electron chi connectivity index (χ0n) is 14.0. The van der Waals surface area contributed by atoms with Crippen molar-refractivity contribution in [1.82, 2.24) is 0 Å². The lowest BCUT2D eigenvalue weighted by atomic mass is 9.89. The molecular formula is C18H32O3. The first kappa shape index (κ1) is 18.4. The minimum absolute atomic E-state index is 0.0347. The summed E-state index contributed by atoms with van der Waals surface area (Å²) in [5.41, 5.74) is 0.637. The minimum Gasteiger partial charge on any atom is -0.390 e. The number of ether oxygens (including phenoxy) is 1. The molecule has 0 radical (unpaired) electrons. The molecule has 0 aliphatic heterocycles. The Hall–Kier alpha value is -0.640. The molecule has 0 aromatic carbocycles. The van der Waals surface area contributed by atoms with E-state index in [9.17, 15) is 10.2 Å². The average Bonchev–Trinajstić information content (AvgIpc) is 2.43. The summed E-state index contributed by atoms with van der Waals surface area (Å²) in [6, 6.07) is 0. The third-order valence-corrected chi connectivity index (χ3v) is 4.41. The Bertz CT molecular complexity index is 357. The van der Waals surface area contributed by atoms with Gasteiger partial charge in [-0.05, 0) is 46.0 Å². The van der Waals surface area contributed by atoms with E-state index in [-0.39, 0.29) is 12.0 Å². The molecule has 21 heavy (non-hydrogen) atoms. The van der Waals surface area contributed by atoms with Crippen LogP contribution in [0.4, 0.5) is 0 Å². The summed E-state index contributed by atoms with van der Waals surface area (Å²) in [6.07, 6.45) is 10.9. The summed E-state index contributed by atoms with van der Waals surface area (Å²) < 4.78 is 5.40. The summed E-state index contributed by atoms with van der Waals surface area (Å²) in [4.78, 5) is 0. The molecule has 1 aliphatic carbocycles. The van der Waals surface area contributed by atoms with Crippen LogP contribution in [0, 0.1) is 5.92 Å². The molecule has 2 unspecified atom stereocenters. The standard InChI is InChI=1S/C18H32O3/c1-14-10-12-18(3,20)11-8-6-5-7-9-16(21-4)17(19)15(2)13-14/h7,9,13,15-17,19-20H,5-6,8,10-12H2,1-4H3/t15?,16-,17-,18?/m0/s1. The van der Waals surface area contributed by atoms with Crippen molar-refractivity contribution in [3.63, 3.8) is 0 Å². The number of aliphatic hydroxyl groups is 2. The highest BCUT2D eigenvalue weighted by atomic mass is 16.5. The second-order valence-electron chi connectivity index (χ2n) is 6.73. The van der Waals surface area contributed by atoms with Crippen molar-refractivity contribution in [2.45, 2.75) is 77.1 Å². The smallest absolute Gasteiger partial charge is 0.102 e. The summed E-state index contributed by atoms with van der Waals surface area (Å²) in [7, 11) is 1.64. The van der Waals surface area contributed by atoms with Crippen molar-refractivity contribution in [2.24, 2.45) is 5.92 Å². The average molecular weight is 296 g/mol. The monoisotopic (exact) mass is 296 g/mol. The largest absolute Gasteiger partial charge is 0.390 e. The quantitative estimate of drug-likeness (QED) is 0.727. The van der Waals surface area contributed by atoms with Gasteiger partial charge in [0, 0.05) is 13.0 Å². The van der Waals surface area contributed by atoms with Gasteiger partial charge in [0.05, 0.1) is 11.7 Å². The van der Waals surface area contributed by atoms with E-state index in [1.165, 1.54) is 5.57 Å². The molecule has 0 saturated heterocycles. The maximum Gasteiger partial charge on any atom is 0.102 e. The Kier molecular flexibility index (Phi) is 7.64. The lowest BCUT2D eigenvalue weighted by Gasteiger charge is -2.25. The van der Waals surface area contributed by atoms with Gasteiger partial charge in [0.1, 0.15) is 6.10 Å². The molecule has 4 atom stereocenters. The Labute approximate surface area is 129 Å². The summed E-state index contributed by atoms with van der Waals surface area (Å²) >= 11 is 0. The number of hydrogen-bond donors (Lipinski definition) is 2. The summed E-state index contributed by atoms with van der Waals surface area (Å²) in [6.45, 7) is 6.02. The van der Waals surface area contributed by atoms with E-state index in [1.54, 1.807) is 7.11 Å². The Morgan fingerprint density at radius 2 is 2.00 bits per heavy atom. The lowest BCUT2D eigenvalue weighted by Crippen LogP contribution is -2.31. The third-order valence-electron chi connectivity index (χ3n) is 4.41. The van der Waals surface area contributed by atoms with Gasteiger partial charge in [-0.1, -0.05) is 37.1 Å². The lowest BCUT2D eigenvalue weighted by molar-refractivity contribution is -0.00202. The van der Waals surface area contributed by atoms with Gasteiger partial charge in [0.25, 0.3) is 0 Å². The van der Waals surface area contributed by atoms with Gasteiger partial charge in [0.15, 0.2) is 0 Å².